The minimum atomic E-state index is -3.21. The smallest absolute Gasteiger partial charge is 0.216 e. The van der Waals surface area contributed by atoms with Gasteiger partial charge in [0.15, 0.2) is 0 Å². The van der Waals surface area contributed by atoms with Crippen LogP contribution in [0.1, 0.15) is 26.7 Å². The van der Waals surface area contributed by atoms with Gasteiger partial charge in [-0.2, -0.15) is 0 Å². The molecule has 0 aromatic carbocycles. The third-order valence-corrected chi connectivity index (χ3v) is 4.18. The van der Waals surface area contributed by atoms with E-state index >= 15 is 0 Å². The van der Waals surface area contributed by atoms with Crippen LogP contribution in [0.5, 0.6) is 0 Å². The average Bonchev–Trinajstić information content (AvgIpc) is 2.24. The van der Waals surface area contributed by atoms with Crippen LogP contribution >= 0.6 is 11.6 Å². The Bertz CT molecular complexity index is 257. The number of rotatable bonds is 10. The van der Waals surface area contributed by atoms with E-state index < -0.39 is 10.0 Å². The summed E-state index contributed by atoms with van der Waals surface area (Å²) in [6.07, 6.45) is 1.84. The molecule has 6 heteroatoms. The molecule has 0 atom stereocenters. The normalized spacial score (nSPS) is 12.2. The lowest BCUT2D eigenvalue weighted by molar-refractivity contribution is 0.162. The van der Waals surface area contributed by atoms with Crippen molar-refractivity contribution in [1.29, 1.82) is 0 Å². The van der Waals surface area contributed by atoms with E-state index in [2.05, 4.69) is 0 Å². The highest BCUT2D eigenvalue weighted by atomic mass is 35.5. The van der Waals surface area contributed by atoms with Crippen LogP contribution < -0.4 is 0 Å². The Hall–Kier alpha value is 0.160. The SMILES string of the molecule is CCCCN(CCCl)S(=O)(=O)CCOCC. The summed E-state index contributed by atoms with van der Waals surface area (Å²) in [7, 11) is -3.21. The summed E-state index contributed by atoms with van der Waals surface area (Å²) in [5.74, 6) is 0.374. The minimum Gasteiger partial charge on any atom is -0.381 e. The van der Waals surface area contributed by atoms with Crippen molar-refractivity contribution < 1.29 is 13.2 Å². The fraction of sp³-hybridized carbons (Fsp3) is 1.00. The molecule has 0 radical (unpaired) electrons. The van der Waals surface area contributed by atoms with E-state index in [4.69, 9.17) is 16.3 Å². The lowest BCUT2D eigenvalue weighted by Crippen LogP contribution is -2.36. The van der Waals surface area contributed by atoms with Gasteiger partial charge in [-0.25, -0.2) is 12.7 Å². The maximum atomic E-state index is 11.9. The molecule has 0 unspecified atom stereocenters. The fourth-order valence-corrected chi connectivity index (χ4v) is 2.92. The van der Waals surface area contributed by atoms with Crippen molar-refractivity contribution in [2.24, 2.45) is 0 Å². The lowest BCUT2D eigenvalue weighted by atomic mass is 10.3. The molecule has 0 fully saturated rings. The molecule has 0 aliphatic carbocycles. The number of halogens is 1. The molecule has 0 aromatic rings. The summed E-state index contributed by atoms with van der Waals surface area (Å²) >= 11 is 5.61. The minimum absolute atomic E-state index is 0.0431. The third-order valence-electron chi connectivity index (χ3n) is 2.18. The van der Waals surface area contributed by atoms with Gasteiger partial charge in [-0.05, 0) is 13.3 Å². The first-order valence-corrected chi connectivity index (χ1v) is 7.84. The summed E-state index contributed by atoms with van der Waals surface area (Å²) in [5.41, 5.74) is 0. The molecule has 0 spiro atoms. The summed E-state index contributed by atoms with van der Waals surface area (Å²) in [6, 6.07) is 0. The molecular weight excluding hydrogens is 250 g/mol. The summed E-state index contributed by atoms with van der Waals surface area (Å²) in [4.78, 5) is 0. The molecule has 0 N–H and O–H groups in total. The van der Waals surface area contributed by atoms with E-state index in [1.807, 2.05) is 13.8 Å². The molecule has 0 aliphatic heterocycles. The van der Waals surface area contributed by atoms with Crippen molar-refractivity contribution in [1.82, 2.24) is 4.31 Å². The van der Waals surface area contributed by atoms with Crippen LogP contribution in [0.25, 0.3) is 0 Å². The van der Waals surface area contributed by atoms with Crippen molar-refractivity contribution >= 4 is 21.6 Å². The highest BCUT2D eigenvalue weighted by molar-refractivity contribution is 7.89. The monoisotopic (exact) mass is 271 g/mol. The zero-order valence-corrected chi connectivity index (χ0v) is 11.7. The van der Waals surface area contributed by atoms with Gasteiger partial charge in [-0.15, -0.1) is 11.6 Å². The average molecular weight is 272 g/mol. The van der Waals surface area contributed by atoms with Crippen molar-refractivity contribution in [2.75, 3.05) is 37.9 Å². The fourth-order valence-electron chi connectivity index (χ4n) is 1.26. The van der Waals surface area contributed by atoms with Crippen molar-refractivity contribution in [3.63, 3.8) is 0 Å². The molecule has 0 saturated carbocycles. The first-order chi connectivity index (χ1) is 7.58. The zero-order chi connectivity index (χ0) is 12.4. The molecular formula is C10H22ClNO3S. The van der Waals surface area contributed by atoms with Gasteiger partial charge in [0, 0.05) is 25.6 Å². The summed E-state index contributed by atoms with van der Waals surface area (Å²) in [6.45, 7) is 5.61. The van der Waals surface area contributed by atoms with Gasteiger partial charge < -0.3 is 4.74 Å². The Morgan fingerprint density at radius 2 is 1.94 bits per heavy atom. The van der Waals surface area contributed by atoms with Gasteiger partial charge in [-0.1, -0.05) is 13.3 Å². The molecule has 0 aliphatic rings. The van der Waals surface area contributed by atoms with E-state index in [0.717, 1.165) is 12.8 Å². The topological polar surface area (TPSA) is 46.6 Å². The van der Waals surface area contributed by atoms with Crippen molar-refractivity contribution in [3.05, 3.63) is 0 Å². The molecule has 98 valence electrons. The van der Waals surface area contributed by atoms with Crippen LogP contribution in [0.3, 0.4) is 0 Å². The Balaban J connectivity index is 4.25. The predicted octanol–water partition coefficient (Wildman–Crippen LogP) is 1.69. The second kappa shape index (κ2) is 9.22. The van der Waals surface area contributed by atoms with Crippen molar-refractivity contribution in [3.8, 4) is 0 Å². The van der Waals surface area contributed by atoms with Gasteiger partial charge in [0.2, 0.25) is 10.0 Å². The van der Waals surface area contributed by atoms with E-state index in [1.165, 1.54) is 4.31 Å². The number of alkyl halides is 1. The van der Waals surface area contributed by atoms with Crippen LogP contribution in [0, 0.1) is 0 Å². The molecule has 0 amide bonds. The maximum Gasteiger partial charge on any atom is 0.216 e. The maximum absolute atomic E-state index is 11.9. The van der Waals surface area contributed by atoms with Crippen LogP contribution in [-0.2, 0) is 14.8 Å². The van der Waals surface area contributed by atoms with Crippen LogP contribution in [0.15, 0.2) is 0 Å². The van der Waals surface area contributed by atoms with E-state index in [0.29, 0.717) is 25.6 Å². The summed E-state index contributed by atoms with van der Waals surface area (Å²) < 4.78 is 30.3. The Kier molecular flexibility index (Phi) is 9.31. The number of nitrogens with zero attached hydrogens (tertiary/aromatic N) is 1. The van der Waals surface area contributed by atoms with Gasteiger partial charge in [0.25, 0.3) is 0 Å². The molecule has 0 bridgehead atoms. The molecule has 4 nitrogen and oxygen atoms in total. The number of hydrogen-bond acceptors (Lipinski definition) is 3. The number of hydrogen-bond donors (Lipinski definition) is 0. The standard InChI is InChI=1S/C10H22ClNO3S/c1-3-5-7-12(8-6-11)16(13,14)10-9-15-4-2/h3-10H2,1-2H3. The molecule has 0 saturated heterocycles. The number of unbranched alkanes of at least 4 members (excludes halogenated alkanes) is 1. The Morgan fingerprint density at radius 1 is 1.25 bits per heavy atom. The van der Waals surface area contributed by atoms with E-state index in [1.54, 1.807) is 0 Å². The Morgan fingerprint density at radius 3 is 2.44 bits per heavy atom. The van der Waals surface area contributed by atoms with Gasteiger partial charge in [0.1, 0.15) is 0 Å². The lowest BCUT2D eigenvalue weighted by Gasteiger charge is -2.20. The molecule has 0 rings (SSSR count). The highest BCUT2D eigenvalue weighted by Gasteiger charge is 2.20. The van der Waals surface area contributed by atoms with Gasteiger partial charge in [0.05, 0.1) is 12.4 Å². The Labute approximate surface area is 104 Å². The molecule has 0 heterocycles. The van der Waals surface area contributed by atoms with E-state index in [-0.39, 0.29) is 12.4 Å². The second-order valence-corrected chi connectivity index (χ2v) is 5.92. The second-order valence-electron chi connectivity index (χ2n) is 3.45. The first-order valence-electron chi connectivity index (χ1n) is 5.70. The molecule has 16 heavy (non-hydrogen) atoms. The van der Waals surface area contributed by atoms with Crippen LogP contribution in [-0.4, -0.2) is 50.7 Å². The quantitative estimate of drug-likeness (QED) is 0.449. The van der Waals surface area contributed by atoms with Crippen LogP contribution in [0.4, 0.5) is 0 Å². The number of ether oxygens (including phenoxy) is 1. The summed E-state index contributed by atoms with van der Waals surface area (Å²) in [5, 5.41) is 0. The van der Waals surface area contributed by atoms with Gasteiger partial charge in [-0.3, -0.25) is 0 Å². The van der Waals surface area contributed by atoms with Crippen molar-refractivity contribution in [2.45, 2.75) is 26.7 Å². The molecule has 0 aromatic heterocycles. The third kappa shape index (κ3) is 6.68. The highest BCUT2D eigenvalue weighted by Crippen LogP contribution is 2.05. The predicted molar refractivity (Wildman–Crippen MR) is 67.5 cm³/mol. The van der Waals surface area contributed by atoms with Gasteiger partial charge >= 0.3 is 0 Å². The van der Waals surface area contributed by atoms with E-state index in [9.17, 15) is 8.42 Å². The first kappa shape index (κ1) is 16.2. The largest absolute Gasteiger partial charge is 0.381 e. The zero-order valence-electron chi connectivity index (χ0n) is 10.1. The van der Waals surface area contributed by atoms with Crippen LogP contribution in [0.2, 0.25) is 0 Å². The number of sulfonamides is 1.